The molecule has 1 N–H and O–H groups in total. The zero-order chi connectivity index (χ0) is 16.5. The molecule has 122 valence electrons. The molecule has 0 aliphatic heterocycles. The van der Waals surface area contributed by atoms with E-state index in [2.05, 4.69) is 0 Å². The molecule has 2 aromatic rings. The zero-order valence-corrected chi connectivity index (χ0v) is 13.3. The molecule has 0 aliphatic carbocycles. The van der Waals surface area contributed by atoms with Crippen LogP contribution >= 0.6 is 0 Å². The van der Waals surface area contributed by atoms with Gasteiger partial charge in [-0.15, -0.1) is 0 Å². The van der Waals surface area contributed by atoms with Crippen molar-refractivity contribution >= 4 is 5.97 Å². The fourth-order valence-electron chi connectivity index (χ4n) is 2.03. The Balaban J connectivity index is 1.84. The largest absolute Gasteiger partial charge is 0.460 e. The van der Waals surface area contributed by atoms with Crippen molar-refractivity contribution < 1.29 is 19.4 Å². The van der Waals surface area contributed by atoms with Crippen molar-refractivity contribution in [1.29, 1.82) is 0 Å². The van der Waals surface area contributed by atoms with Crippen molar-refractivity contribution in [2.45, 2.75) is 20.1 Å². The average molecular weight is 314 g/mol. The second kappa shape index (κ2) is 8.46. The number of benzene rings is 2. The van der Waals surface area contributed by atoms with E-state index in [0.717, 1.165) is 11.1 Å². The van der Waals surface area contributed by atoms with E-state index in [0.29, 0.717) is 6.61 Å². The Hall–Kier alpha value is -2.17. The van der Waals surface area contributed by atoms with Gasteiger partial charge in [0.05, 0.1) is 19.8 Å². The Kier molecular flexibility index (Phi) is 6.32. The summed E-state index contributed by atoms with van der Waals surface area (Å²) >= 11 is 0. The van der Waals surface area contributed by atoms with E-state index in [1.165, 1.54) is 0 Å². The summed E-state index contributed by atoms with van der Waals surface area (Å²) in [5.41, 5.74) is 0.862. The summed E-state index contributed by atoms with van der Waals surface area (Å²) in [4.78, 5) is 12.2. The van der Waals surface area contributed by atoms with Crippen LogP contribution in [0.3, 0.4) is 0 Å². The van der Waals surface area contributed by atoms with Crippen molar-refractivity contribution in [2.75, 3.05) is 13.2 Å². The van der Waals surface area contributed by atoms with E-state index in [1.807, 2.05) is 60.7 Å². The van der Waals surface area contributed by atoms with Gasteiger partial charge >= 0.3 is 5.97 Å². The van der Waals surface area contributed by atoms with Crippen LogP contribution in [0.15, 0.2) is 60.7 Å². The SMILES string of the molecule is CC(CO)(COCc1ccccc1)C(=O)OCc1ccccc1. The van der Waals surface area contributed by atoms with Crippen molar-refractivity contribution in [3.63, 3.8) is 0 Å². The van der Waals surface area contributed by atoms with E-state index < -0.39 is 11.4 Å². The molecule has 0 fully saturated rings. The lowest BCUT2D eigenvalue weighted by molar-refractivity contribution is -0.163. The van der Waals surface area contributed by atoms with Gasteiger partial charge in [0.2, 0.25) is 0 Å². The third-order valence-electron chi connectivity index (χ3n) is 3.59. The summed E-state index contributed by atoms with van der Waals surface area (Å²) in [5.74, 6) is -0.461. The summed E-state index contributed by atoms with van der Waals surface area (Å²) < 4.78 is 10.9. The number of aliphatic hydroxyl groups is 1. The maximum atomic E-state index is 12.2. The third kappa shape index (κ3) is 5.20. The Labute approximate surface area is 136 Å². The van der Waals surface area contributed by atoms with Gasteiger partial charge in [0.1, 0.15) is 12.0 Å². The number of hydrogen-bond acceptors (Lipinski definition) is 4. The van der Waals surface area contributed by atoms with Gasteiger partial charge in [0, 0.05) is 0 Å². The van der Waals surface area contributed by atoms with E-state index >= 15 is 0 Å². The number of carbonyl (C=O) groups is 1. The topological polar surface area (TPSA) is 55.8 Å². The monoisotopic (exact) mass is 314 g/mol. The highest BCUT2D eigenvalue weighted by molar-refractivity contribution is 5.76. The highest BCUT2D eigenvalue weighted by Gasteiger charge is 2.35. The van der Waals surface area contributed by atoms with Gasteiger partial charge in [-0.25, -0.2) is 0 Å². The second-order valence-corrected chi connectivity index (χ2v) is 5.76. The van der Waals surface area contributed by atoms with Crippen LogP contribution in [0.5, 0.6) is 0 Å². The first-order chi connectivity index (χ1) is 11.1. The van der Waals surface area contributed by atoms with Gasteiger partial charge in [-0.2, -0.15) is 0 Å². The maximum Gasteiger partial charge on any atom is 0.316 e. The van der Waals surface area contributed by atoms with Crippen LogP contribution < -0.4 is 0 Å². The van der Waals surface area contributed by atoms with Gasteiger partial charge in [-0.05, 0) is 18.1 Å². The molecule has 0 amide bonds. The Morgan fingerprint density at radius 2 is 1.48 bits per heavy atom. The summed E-state index contributed by atoms with van der Waals surface area (Å²) in [6.07, 6.45) is 0. The van der Waals surface area contributed by atoms with Crippen LogP contribution in [0.4, 0.5) is 0 Å². The van der Waals surface area contributed by atoms with Crippen molar-refractivity contribution in [2.24, 2.45) is 5.41 Å². The molecular weight excluding hydrogens is 292 g/mol. The van der Waals surface area contributed by atoms with Crippen LogP contribution in [0.1, 0.15) is 18.1 Å². The normalized spacial score (nSPS) is 13.3. The number of ether oxygens (including phenoxy) is 2. The molecule has 0 spiro atoms. The number of rotatable bonds is 8. The van der Waals surface area contributed by atoms with Gasteiger partial charge in [0.15, 0.2) is 0 Å². The minimum atomic E-state index is -1.07. The first-order valence-corrected chi connectivity index (χ1v) is 7.58. The van der Waals surface area contributed by atoms with Gasteiger partial charge < -0.3 is 14.6 Å². The first kappa shape index (κ1) is 17.2. The highest BCUT2D eigenvalue weighted by atomic mass is 16.5. The molecule has 2 rings (SSSR count). The fraction of sp³-hybridized carbons (Fsp3) is 0.316. The summed E-state index contributed by atoms with van der Waals surface area (Å²) in [7, 11) is 0. The van der Waals surface area contributed by atoms with Crippen LogP contribution in [0.25, 0.3) is 0 Å². The lowest BCUT2D eigenvalue weighted by Gasteiger charge is -2.24. The predicted molar refractivity (Wildman–Crippen MR) is 87.5 cm³/mol. The van der Waals surface area contributed by atoms with Crippen molar-refractivity contribution in [3.8, 4) is 0 Å². The number of esters is 1. The molecular formula is C19H22O4. The van der Waals surface area contributed by atoms with E-state index in [4.69, 9.17) is 9.47 Å². The van der Waals surface area contributed by atoms with E-state index in [9.17, 15) is 9.90 Å². The fourth-order valence-corrected chi connectivity index (χ4v) is 2.03. The zero-order valence-electron chi connectivity index (χ0n) is 13.3. The van der Waals surface area contributed by atoms with Gasteiger partial charge in [-0.3, -0.25) is 4.79 Å². The molecule has 0 heterocycles. The average Bonchev–Trinajstić information content (AvgIpc) is 2.61. The Bertz CT molecular complexity index is 597. The summed E-state index contributed by atoms with van der Waals surface area (Å²) in [6.45, 7) is 2.00. The van der Waals surface area contributed by atoms with E-state index in [-0.39, 0.29) is 19.8 Å². The molecule has 0 saturated carbocycles. The Morgan fingerprint density at radius 3 is 2.00 bits per heavy atom. The van der Waals surface area contributed by atoms with Crippen LogP contribution in [-0.4, -0.2) is 24.3 Å². The van der Waals surface area contributed by atoms with Crippen molar-refractivity contribution in [3.05, 3.63) is 71.8 Å². The molecule has 1 atom stereocenters. The number of hydrogen-bond donors (Lipinski definition) is 1. The molecule has 1 unspecified atom stereocenters. The van der Waals surface area contributed by atoms with Crippen LogP contribution in [-0.2, 0) is 27.5 Å². The second-order valence-electron chi connectivity index (χ2n) is 5.76. The number of carbonyl (C=O) groups excluding carboxylic acids is 1. The number of aliphatic hydroxyl groups excluding tert-OH is 1. The minimum absolute atomic E-state index is 0.103. The molecule has 0 aliphatic rings. The smallest absolute Gasteiger partial charge is 0.316 e. The highest BCUT2D eigenvalue weighted by Crippen LogP contribution is 2.20. The Morgan fingerprint density at radius 1 is 0.957 bits per heavy atom. The molecule has 23 heavy (non-hydrogen) atoms. The molecule has 0 saturated heterocycles. The predicted octanol–water partition coefficient (Wildman–Crippen LogP) is 2.95. The minimum Gasteiger partial charge on any atom is -0.460 e. The maximum absolute atomic E-state index is 12.2. The van der Waals surface area contributed by atoms with Crippen LogP contribution in [0, 0.1) is 5.41 Å². The lowest BCUT2D eigenvalue weighted by Crippen LogP contribution is -2.38. The molecule has 0 bridgehead atoms. The van der Waals surface area contributed by atoms with Crippen LogP contribution in [0.2, 0.25) is 0 Å². The molecule has 2 aromatic carbocycles. The standard InChI is InChI=1S/C19H22O4/c1-19(14-20,15-22-12-16-8-4-2-5-9-16)18(21)23-13-17-10-6-3-7-11-17/h2-11,20H,12-15H2,1H3. The summed E-state index contributed by atoms with van der Waals surface area (Å²) in [5, 5.41) is 9.57. The molecule has 0 radical (unpaired) electrons. The third-order valence-corrected chi connectivity index (χ3v) is 3.59. The molecule has 0 aromatic heterocycles. The molecule has 4 nitrogen and oxygen atoms in total. The van der Waals surface area contributed by atoms with Gasteiger partial charge in [-0.1, -0.05) is 60.7 Å². The summed E-state index contributed by atoms with van der Waals surface area (Å²) in [6, 6.07) is 19.1. The first-order valence-electron chi connectivity index (χ1n) is 7.58. The lowest BCUT2D eigenvalue weighted by atomic mass is 9.93. The van der Waals surface area contributed by atoms with E-state index in [1.54, 1.807) is 6.92 Å². The van der Waals surface area contributed by atoms with Crippen molar-refractivity contribution in [1.82, 2.24) is 0 Å². The molecule has 4 heteroatoms. The quantitative estimate of drug-likeness (QED) is 0.761. The van der Waals surface area contributed by atoms with Gasteiger partial charge in [0.25, 0.3) is 0 Å².